The van der Waals surface area contributed by atoms with Gasteiger partial charge in [-0.05, 0) is 28.1 Å². The fourth-order valence-electron chi connectivity index (χ4n) is 2.57. The SMILES string of the molecule is CS(=O)c1ncc2c(=O)n(-c3c(Cl)cccc3Br)n3ccnc3c2n1. The van der Waals surface area contributed by atoms with Crippen LogP contribution < -0.4 is 5.56 Å². The molecule has 3 aromatic heterocycles. The van der Waals surface area contributed by atoms with Gasteiger partial charge in [0.25, 0.3) is 5.56 Å². The number of hydrogen-bond acceptors (Lipinski definition) is 5. The van der Waals surface area contributed by atoms with Gasteiger partial charge in [-0.3, -0.25) is 9.00 Å². The zero-order chi connectivity index (χ0) is 17.7. The molecule has 3 heterocycles. The van der Waals surface area contributed by atoms with E-state index in [4.69, 9.17) is 11.6 Å². The quantitative estimate of drug-likeness (QED) is 0.449. The molecule has 4 aromatic rings. The third-order valence-electron chi connectivity index (χ3n) is 3.64. The van der Waals surface area contributed by atoms with Gasteiger partial charge in [0, 0.05) is 29.3 Å². The molecule has 0 spiro atoms. The van der Waals surface area contributed by atoms with Crippen LogP contribution in [0, 0.1) is 0 Å². The second-order valence-corrected chi connectivity index (χ2v) is 7.69. The van der Waals surface area contributed by atoms with Gasteiger partial charge < -0.3 is 0 Å². The van der Waals surface area contributed by atoms with Crippen molar-refractivity contribution in [2.24, 2.45) is 0 Å². The van der Waals surface area contributed by atoms with Crippen LogP contribution in [0.15, 0.2) is 51.2 Å². The van der Waals surface area contributed by atoms with Gasteiger partial charge in [0.15, 0.2) is 5.65 Å². The van der Waals surface area contributed by atoms with Crippen LogP contribution in [-0.2, 0) is 10.8 Å². The summed E-state index contributed by atoms with van der Waals surface area (Å²) in [7, 11) is -1.37. The van der Waals surface area contributed by atoms with Crippen LogP contribution in [0.25, 0.3) is 22.2 Å². The van der Waals surface area contributed by atoms with Crippen LogP contribution in [-0.4, -0.2) is 34.6 Å². The van der Waals surface area contributed by atoms with Gasteiger partial charge in [0.1, 0.15) is 5.52 Å². The minimum absolute atomic E-state index is 0.147. The van der Waals surface area contributed by atoms with Crippen molar-refractivity contribution >= 4 is 54.9 Å². The lowest BCUT2D eigenvalue weighted by atomic mass is 10.3. The first kappa shape index (κ1) is 16.4. The Bertz CT molecular complexity index is 1220. The van der Waals surface area contributed by atoms with Crippen molar-refractivity contribution < 1.29 is 4.21 Å². The highest BCUT2D eigenvalue weighted by Gasteiger charge is 2.19. The predicted octanol–water partition coefficient (Wildman–Crippen LogP) is 2.58. The molecule has 0 saturated heterocycles. The molecule has 10 heteroatoms. The van der Waals surface area contributed by atoms with Crippen molar-refractivity contribution in [2.45, 2.75) is 5.16 Å². The number of para-hydroxylation sites is 1. The second-order valence-electron chi connectivity index (χ2n) is 5.15. The molecular weight excluding hydrogens is 430 g/mol. The Hall–Kier alpha value is -2.10. The Kier molecular flexibility index (Phi) is 3.94. The summed E-state index contributed by atoms with van der Waals surface area (Å²) < 4.78 is 15.3. The van der Waals surface area contributed by atoms with Crippen LogP contribution in [0.3, 0.4) is 0 Å². The number of hydrogen-bond donors (Lipinski definition) is 0. The van der Waals surface area contributed by atoms with E-state index in [-0.39, 0.29) is 16.1 Å². The summed E-state index contributed by atoms with van der Waals surface area (Å²) in [5.74, 6) is 0. The second kappa shape index (κ2) is 6.01. The molecule has 7 nitrogen and oxygen atoms in total. The maximum atomic E-state index is 13.1. The lowest BCUT2D eigenvalue weighted by Gasteiger charge is -2.14. The molecule has 1 unspecified atom stereocenters. The first-order valence-corrected chi connectivity index (χ1v) is 9.75. The molecule has 25 heavy (non-hydrogen) atoms. The lowest BCUT2D eigenvalue weighted by Crippen LogP contribution is -2.26. The monoisotopic (exact) mass is 437 g/mol. The zero-order valence-electron chi connectivity index (χ0n) is 12.7. The largest absolute Gasteiger partial charge is 0.281 e. The maximum Gasteiger partial charge on any atom is 0.281 e. The van der Waals surface area contributed by atoms with Crippen molar-refractivity contribution in [1.82, 2.24) is 24.1 Å². The summed E-state index contributed by atoms with van der Waals surface area (Å²) in [6.45, 7) is 0. The van der Waals surface area contributed by atoms with E-state index in [9.17, 15) is 9.00 Å². The third-order valence-corrected chi connectivity index (χ3v) is 5.30. The molecule has 0 aliphatic heterocycles. The smallest absolute Gasteiger partial charge is 0.267 e. The van der Waals surface area contributed by atoms with Gasteiger partial charge in [0.2, 0.25) is 5.16 Å². The summed E-state index contributed by atoms with van der Waals surface area (Å²) in [5, 5.41) is 0.811. The molecule has 0 radical (unpaired) electrons. The Morgan fingerprint density at radius 3 is 2.80 bits per heavy atom. The zero-order valence-corrected chi connectivity index (χ0v) is 15.8. The number of imidazole rings is 1. The van der Waals surface area contributed by atoms with Crippen molar-refractivity contribution in [3.8, 4) is 5.69 Å². The third kappa shape index (κ3) is 2.50. The Labute approximate surface area is 156 Å². The van der Waals surface area contributed by atoms with Gasteiger partial charge in [-0.15, -0.1) is 0 Å². The van der Waals surface area contributed by atoms with E-state index in [1.54, 1.807) is 35.1 Å². The summed E-state index contributed by atoms with van der Waals surface area (Å²) in [5.41, 5.74) is 0.912. The van der Waals surface area contributed by atoms with Crippen LogP contribution in [0.5, 0.6) is 0 Å². The average molecular weight is 439 g/mol. The summed E-state index contributed by atoms with van der Waals surface area (Å²) in [6, 6.07) is 5.26. The van der Waals surface area contributed by atoms with E-state index in [0.717, 1.165) is 0 Å². The highest BCUT2D eigenvalue weighted by atomic mass is 79.9. The molecule has 1 atom stereocenters. The first-order valence-electron chi connectivity index (χ1n) is 7.02. The minimum Gasteiger partial charge on any atom is -0.267 e. The van der Waals surface area contributed by atoms with Gasteiger partial charge in [-0.25, -0.2) is 24.1 Å². The predicted molar refractivity (Wildman–Crippen MR) is 98.9 cm³/mol. The topological polar surface area (TPSA) is 82.2 Å². The van der Waals surface area contributed by atoms with Crippen molar-refractivity contribution in [3.63, 3.8) is 0 Å². The standard InChI is InChI=1S/C15H9BrClN5O2S/c1-25(24)15-19-7-8-11(20-15)13-18-5-6-21(13)22(14(8)23)12-9(16)3-2-4-10(12)17/h2-7H,1H3. The number of fused-ring (bicyclic) bond motifs is 3. The van der Waals surface area contributed by atoms with E-state index in [2.05, 4.69) is 30.9 Å². The maximum absolute atomic E-state index is 13.1. The van der Waals surface area contributed by atoms with Crippen molar-refractivity contribution in [1.29, 1.82) is 0 Å². The number of halogens is 2. The van der Waals surface area contributed by atoms with Crippen molar-refractivity contribution in [2.75, 3.05) is 6.26 Å². The molecule has 0 amide bonds. The molecule has 0 aliphatic rings. The molecule has 0 N–H and O–H groups in total. The molecule has 0 saturated carbocycles. The number of nitrogens with zero attached hydrogens (tertiary/aromatic N) is 5. The van der Waals surface area contributed by atoms with Gasteiger partial charge >= 0.3 is 0 Å². The fraction of sp³-hybridized carbons (Fsp3) is 0.0667. The van der Waals surface area contributed by atoms with Crippen LogP contribution in [0.1, 0.15) is 0 Å². The summed E-state index contributed by atoms with van der Waals surface area (Å²) >= 11 is 9.76. The minimum atomic E-state index is -1.37. The fourth-order valence-corrected chi connectivity index (χ4v) is 3.90. The van der Waals surface area contributed by atoms with Crippen LogP contribution >= 0.6 is 27.5 Å². The van der Waals surface area contributed by atoms with E-state index in [1.807, 2.05) is 0 Å². The molecule has 126 valence electrons. The Morgan fingerprint density at radius 2 is 2.08 bits per heavy atom. The van der Waals surface area contributed by atoms with E-state index >= 15 is 0 Å². The number of aromatic nitrogens is 5. The van der Waals surface area contributed by atoms with E-state index < -0.39 is 10.8 Å². The van der Waals surface area contributed by atoms with Gasteiger partial charge in [-0.2, -0.15) is 0 Å². The highest BCUT2D eigenvalue weighted by molar-refractivity contribution is 9.10. The molecule has 0 bridgehead atoms. The van der Waals surface area contributed by atoms with E-state index in [1.165, 1.54) is 17.1 Å². The van der Waals surface area contributed by atoms with Crippen LogP contribution in [0.2, 0.25) is 5.02 Å². The first-order chi connectivity index (χ1) is 12.0. The normalized spacial score (nSPS) is 12.8. The van der Waals surface area contributed by atoms with E-state index in [0.29, 0.717) is 26.3 Å². The summed E-state index contributed by atoms with van der Waals surface area (Å²) in [4.78, 5) is 25.7. The van der Waals surface area contributed by atoms with Crippen LogP contribution in [0.4, 0.5) is 0 Å². The molecule has 1 aromatic carbocycles. The Balaban J connectivity index is 2.22. The number of rotatable bonds is 2. The molecule has 4 rings (SSSR count). The average Bonchev–Trinajstić information content (AvgIpc) is 3.06. The highest BCUT2D eigenvalue weighted by Crippen LogP contribution is 2.28. The summed E-state index contributed by atoms with van der Waals surface area (Å²) in [6.07, 6.45) is 6.04. The molecule has 0 fully saturated rings. The Morgan fingerprint density at radius 1 is 1.28 bits per heavy atom. The lowest BCUT2D eigenvalue weighted by molar-refractivity contribution is 0.680. The van der Waals surface area contributed by atoms with Crippen molar-refractivity contribution in [3.05, 3.63) is 56.6 Å². The van der Waals surface area contributed by atoms with Gasteiger partial charge in [-0.1, -0.05) is 17.7 Å². The molecule has 0 aliphatic carbocycles. The molecular formula is C15H9BrClN5O2S. The van der Waals surface area contributed by atoms with Gasteiger partial charge in [0.05, 0.1) is 26.9 Å². The number of benzene rings is 1.